The first-order valence-corrected chi connectivity index (χ1v) is 8.78. The summed E-state index contributed by atoms with van der Waals surface area (Å²) in [6.45, 7) is 2.28. The highest BCUT2D eigenvalue weighted by molar-refractivity contribution is 7.89. The number of aryl methyl sites for hydroxylation is 1. The van der Waals surface area contributed by atoms with Gasteiger partial charge in [0.2, 0.25) is 10.0 Å². The Morgan fingerprint density at radius 3 is 2.50 bits per heavy atom. The Labute approximate surface area is 141 Å². The van der Waals surface area contributed by atoms with Gasteiger partial charge in [-0.05, 0) is 37.3 Å². The highest BCUT2D eigenvalue weighted by Crippen LogP contribution is 2.13. The Hall–Kier alpha value is -2.38. The van der Waals surface area contributed by atoms with Gasteiger partial charge in [-0.25, -0.2) is 17.9 Å². The monoisotopic (exact) mass is 349 g/mol. The molecule has 0 heterocycles. The first kappa shape index (κ1) is 18.0. The second-order valence-corrected chi connectivity index (χ2v) is 6.85. The number of esters is 1. The van der Waals surface area contributed by atoms with E-state index in [2.05, 4.69) is 9.46 Å². The molecular formula is C17H19NO5S. The molecule has 0 bridgehead atoms. The van der Waals surface area contributed by atoms with E-state index in [1.54, 1.807) is 0 Å². The molecule has 0 unspecified atom stereocenters. The van der Waals surface area contributed by atoms with E-state index in [4.69, 9.17) is 4.74 Å². The minimum absolute atomic E-state index is 0.000681. The first-order chi connectivity index (χ1) is 11.4. The minimum atomic E-state index is -3.72. The highest BCUT2D eigenvalue weighted by Gasteiger charge is 2.16. The molecular weight excluding hydrogens is 330 g/mol. The molecule has 2 aromatic rings. The summed E-state index contributed by atoms with van der Waals surface area (Å²) < 4.78 is 37.0. The van der Waals surface area contributed by atoms with E-state index in [0.717, 1.165) is 5.56 Å². The van der Waals surface area contributed by atoms with Crippen LogP contribution >= 0.6 is 0 Å². The average molecular weight is 349 g/mol. The standard InChI is InChI=1S/C17H19NO5S/c1-13-6-8-15(9-7-13)23-11-10-18-24(20,21)16-5-3-4-14(12-16)17(19)22-2/h3-9,12,18H,10-11H2,1-2H3. The summed E-state index contributed by atoms with van der Waals surface area (Å²) >= 11 is 0. The predicted molar refractivity (Wildman–Crippen MR) is 89.6 cm³/mol. The lowest BCUT2D eigenvalue weighted by molar-refractivity contribution is 0.0600. The minimum Gasteiger partial charge on any atom is -0.492 e. The van der Waals surface area contributed by atoms with E-state index < -0.39 is 16.0 Å². The lowest BCUT2D eigenvalue weighted by Gasteiger charge is -2.09. The Kier molecular flexibility index (Phi) is 5.94. The van der Waals surface area contributed by atoms with Crippen LogP contribution in [0.15, 0.2) is 53.4 Å². The summed E-state index contributed by atoms with van der Waals surface area (Å²) in [6.07, 6.45) is 0. The molecule has 0 aliphatic heterocycles. The first-order valence-electron chi connectivity index (χ1n) is 7.30. The third-order valence-corrected chi connectivity index (χ3v) is 4.71. The molecule has 0 aliphatic rings. The number of benzene rings is 2. The van der Waals surface area contributed by atoms with Gasteiger partial charge in [0.25, 0.3) is 0 Å². The Morgan fingerprint density at radius 1 is 1.12 bits per heavy atom. The van der Waals surface area contributed by atoms with Crippen molar-refractivity contribution in [3.63, 3.8) is 0 Å². The van der Waals surface area contributed by atoms with Gasteiger partial charge in [0.05, 0.1) is 17.6 Å². The number of carbonyl (C=O) groups excluding carboxylic acids is 1. The molecule has 0 fully saturated rings. The van der Waals surface area contributed by atoms with E-state index in [1.165, 1.54) is 31.4 Å². The van der Waals surface area contributed by atoms with Crippen LogP contribution in [0.2, 0.25) is 0 Å². The molecule has 0 amide bonds. The Balaban J connectivity index is 1.93. The number of nitrogens with one attached hydrogen (secondary N) is 1. The lowest BCUT2D eigenvalue weighted by Crippen LogP contribution is -2.28. The summed E-state index contributed by atoms with van der Waals surface area (Å²) in [5, 5.41) is 0. The topological polar surface area (TPSA) is 81.7 Å². The van der Waals surface area contributed by atoms with Gasteiger partial charge >= 0.3 is 5.97 Å². The molecule has 1 N–H and O–H groups in total. The van der Waals surface area contributed by atoms with Crippen molar-refractivity contribution >= 4 is 16.0 Å². The molecule has 0 saturated carbocycles. The van der Waals surface area contributed by atoms with Crippen LogP contribution < -0.4 is 9.46 Å². The van der Waals surface area contributed by atoms with Gasteiger partial charge in [-0.2, -0.15) is 0 Å². The molecule has 2 rings (SSSR count). The fourth-order valence-corrected chi connectivity index (χ4v) is 3.03. The van der Waals surface area contributed by atoms with Crippen molar-refractivity contribution in [1.82, 2.24) is 4.72 Å². The number of hydrogen-bond acceptors (Lipinski definition) is 5. The van der Waals surface area contributed by atoms with Gasteiger partial charge in [-0.1, -0.05) is 23.8 Å². The van der Waals surface area contributed by atoms with Gasteiger partial charge in [0, 0.05) is 6.54 Å². The van der Waals surface area contributed by atoms with Crippen molar-refractivity contribution in [3.05, 3.63) is 59.7 Å². The molecule has 128 valence electrons. The molecule has 0 aliphatic carbocycles. The van der Waals surface area contributed by atoms with Crippen LogP contribution in [0.3, 0.4) is 0 Å². The number of carbonyl (C=O) groups is 1. The van der Waals surface area contributed by atoms with Crippen LogP contribution in [0, 0.1) is 6.92 Å². The highest BCUT2D eigenvalue weighted by atomic mass is 32.2. The van der Waals surface area contributed by atoms with Crippen molar-refractivity contribution in [2.75, 3.05) is 20.3 Å². The van der Waals surface area contributed by atoms with E-state index in [0.29, 0.717) is 5.75 Å². The van der Waals surface area contributed by atoms with Crippen LogP contribution in [-0.4, -0.2) is 34.6 Å². The zero-order valence-corrected chi connectivity index (χ0v) is 14.3. The third-order valence-electron chi connectivity index (χ3n) is 3.25. The molecule has 0 radical (unpaired) electrons. The van der Waals surface area contributed by atoms with Gasteiger partial charge in [0.1, 0.15) is 12.4 Å². The van der Waals surface area contributed by atoms with E-state index in [-0.39, 0.29) is 23.6 Å². The second kappa shape index (κ2) is 7.94. The van der Waals surface area contributed by atoms with Crippen LogP contribution in [-0.2, 0) is 14.8 Å². The van der Waals surface area contributed by atoms with E-state index in [9.17, 15) is 13.2 Å². The maximum absolute atomic E-state index is 12.2. The number of ether oxygens (including phenoxy) is 2. The maximum Gasteiger partial charge on any atom is 0.337 e. The average Bonchev–Trinajstić information content (AvgIpc) is 2.59. The molecule has 0 atom stereocenters. The Morgan fingerprint density at radius 2 is 1.83 bits per heavy atom. The molecule has 0 aromatic heterocycles. The smallest absolute Gasteiger partial charge is 0.337 e. The van der Waals surface area contributed by atoms with Gasteiger partial charge in [-0.15, -0.1) is 0 Å². The molecule has 2 aromatic carbocycles. The molecule has 24 heavy (non-hydrogen) atoms. The SMILES string of the molecule is COC(=O)c1cccc(S(=O)(=O)NCCOc2ccc(C)cc2)c1. The van der Waals surface area contributed by atoms with Crippen molar-refractivity contribution in [3.8, 4) is 5.75 Å². The zero-order chi connectivity index (χ0) is 17.6. The summed E-state index contributed by atoms with van der Waals surface area (Å²) in [4.78, 5) is 11.5. The summed E-state index contributed by atoms with van der Waals surface area (Å²) in [7, 11) is -2.48. The van der Waals surface area contributed by atoms with E-state index >= 15 is 0 Å². The molecule has 0 saturated heterocycles. The quantitative estimate of drug-likeness (QED) is 0.612. The summed E-state index contributed by atoms with van der Waals surface area (Å²) in [5.41, 5.74) is 1.30. The van der Waals surface area contributed by atoms with Crippen LogP contribution in [0.25, 0.3) is 0 Å². The second-order valence-electron chi connectivity index (χ2n) is 5.08. The third kappa shape index (κ3) is 4.81. The molecule has 6 nitrogen and oxygen atoms in total. The fourth-order valence-electron chi connectivity index (χ4n) is 1.97. The van der Waals surface area contributed by atoms with Crippen LogP contribution in [0.4, 0.5) is 0 Å². The van der Waals surface area contributed by atoms with Gasteiger partial charge in [-0.3, -0.25) is 0 Å². The van der Waals surface area contributed by atoms with Crippen molar-refractivity contribution < 1.29 is 22.7 Å². The Bertz CT molecular complexity index is 800. The van der Waals surface area contributed by atoms with Crippen LogP contribution in [0.5, 0.6) is 5.75 Å². The normalized spacial score (nSPS) is 11.1. The van der Waals surface area contributed by atoms with Gasteiger partial charge < -0.3 is 9.47 Å². The van der Waals surface area contributed by atoms with Crippen molar-refractivity contribution in [2.45, 2.75) is 11.8 Å². The fraction of sp³-hybridized carbons (Fsp3) is 0.235. The number of methoxy groups -OCH3 is 1. The largest absolute Gasteiger partial charge is 0.492 e. The van der Waals surface area contributed by atoms with Gasteiger partial charge in [0.15, 0.2) is 0 Å². The lowest BCUT2D eigenvalue weighted by atomic mass is 10.2. The summed E-state index contributed by atoms with van der Waals surface area (Å²) in [6, 6.07) is 13.1. The summed E-state index contributed by atoms with van der Waals surface area (Å²) in [5.74, 6) is 0.0854. The molecule has 7 heteroatoms. The zero-order valence-electron chi connectivity index (χ0n) is 13.5. The number of sulfonamides is 1. The number of hydrogen-bond donors (Lipinski definition) is 1. The molecule has 0 spiro atoms. The van der Waals surface area contributed by atoms with E-state index in [1.807, 2.05) is 31.2 Å². The predicted octanol–water partition coefficient (Wildman–Crippen LogP) is 2.14. The van der Waals surface area contributed by atoms with Crippen LogP contribution in [0.1, 0.15) is 15.9 Å². The van der Waals surface area contributed by atoms with Crippen molar-refractivity contribution in [2.24, 2.45) is 0 Å². The van der Waals surface area contributed by atoms with Crippen molar-refractivity contribution in [1.29, 1.82) is 0 Å². The number of rotatable bonds is 7. The maximum atomic E-state index is 12.2.